The summed E-state index contributed by atoms with van der Waals surface area (Å²) >= 11 is 6.92. The van der Waals surface area contributed by atoms with Gasteiger partial charge in [0.2, 0.25) is 0 Å². The molecule has 2 aromatic heterocycles. The van der Waals surface area contributed by atoms with Gasteiger partial charge in [-0.3, -0.25) is 4.98 Å². The third-order valence-electron chi connectivity index (χ3n) is 2.32. The SMILES string of the molecule is Cc1nn(-c2c(N)cncc2Br)c(C)c1Br. The van der Waals surface area contributed by atoms with Gasteiger partial charge in [-0.05, 0) is 45.7 Å². The van der Waals surface area contributed by atoms with Crippen molar-refractivity contribution >= 4 is 37.5 Å². The van der Waals surface area contributed by atoms with E-state index in [0.29, 0.717) is 5.69 Å². The average Bonchev–Trinajstić information content (AvgIpc) is 2.47. The molecule has 0 aliphatic heterocycles. The average molecular weight is 346 g/mol. The van der Waals surface area contributed by atoms with Crippen LogP contribution in [0.5, 0.6) is 0 Å². The Kier molecular flexibility index (Phi) is 3.03. The molecule has 16 heavy (non-hydrogen) atoms. The van der Waals surface area contributed by atoms with Gasteiger partial charge in [-0.15, -0.1) is 0 Å². The molecule has 84 valence electrons. The van der Waals surface area contributed by atoms with Crippen LogP contribution in [-0.4, -0.2) is 14.8 Å². The molecule has 2 N–H and O–H groups in total. The third-order valence-corrected chi connectivity index (χ3v) is 4.04. The van der Waals surface area contributed by atoms with Gasteiger partial charge in [0.05, 0.1) is 32.2 Å². The van der Waals surface area contributed by atoms with Crippen LogP contribution in [0, 0.1) is 13.8 Å². The van der Waals surface area contributed by atoms with Crippen LogP contribution in [0.25, 0.3) is 5.69 Å². The fourth-order valence-electron chi connectivity index (χ4n) is 1.51. The van der Waals surface area contributed by atoms with Crippen LogP contribution in [0.1, 0.15) is 11.4 Å². The van der Waals surface area contributed by atoms with Crippen molar-refractivity contribution in [3.63, 3.8) is 0 Å². The van der Waals surface area contributed by atoms with Crippen molar-refractivity contribution in [3.8, 4) is 5.69 Å². The van der Waals surface area contributed by atoms with Crippen LogP contribution in [0.4, 0.5) is 5.69 Å². The molecule has 0 bridgehead atoms. The second-order valence-electron chi connectivity index (χ2n) is 3.46. The van der Waals surface area contributed by atoms with Gasteiger partial charge in [0.1, 0.15) is 5.69 Å². The van der Waals surface area contributed by atoms with Gasteiger partial charge in [-0.25, -0.2) is 4.68 Å². The normalized spacial score (nSPS) is 10.8. The minimum absolute atomic E-state index is 0.590. The summed E-state index contributed by atoms with van der Waals surface area (Å²) in [5, 5.41) is 4.43. The zero-order valence-corrected chi connectivity index (χ0v) is 12.0. The van der Waals surface area contributed by atoms with Crippen molar-refractivity contribution in [1.82, 2.24) is 14.8 Å². The van der Waals surface area contributed by atoms with Gasteiger partial charge < -0.3 is 5.73 Å². The molecule has 0 fully saturated rings. The number of nitrogen functional groups attached to an aromatic ring is 1. The monoisotopic (exact) mass is 344 g/mol. The quantitative estimate of drug-likeness (QED) is 0.864. The molecule has 6 heteroatoms. The molecule has 0 saturated heterocycles. The molecule has 0 unspecified atom stereocenters. The van der Waals surface area contributed by atoms with Crippen LogP contribution in [-0.2, 0) is 0 Å². The molecule has 2 aromatic rings. The molecule has 2 rings (SSSR count). The maximum Gasteiger partial charge on any atom is 0.105 e. The zero-order chi connectivity index (χ0) is 11.9. The first kappa shape index (κ1) is 11.6. The lowest BCUT2D eigenvalue weighted by Crippen LogP contribution is -2.05. The summed E-state index contributed by atoms with van der Waals surface area (Å²) in [7, 11) is 0. The zero-order valence-electron chi connectivity index (χ0n) is 8.83. The predicted molar refractivity (Wildman–Crippen MR) is 70.6 cm³/mol. The first-order valence-corrected chi connectivity index (χ1v) is 6.22. The standard InChI is InChI=1S/C10H10Br2N4/c1-5-9(12)6(2)16(15-5)10-7(11)3-14-4-8(10)13/h3-4H,13H2,1-2H3. The molecular formula is C10H10Br2N4. The highest BCUT2D eigenvalue weighted by Crippen LogP contribution is 2.29. The maximum absolute atomic E-state index is 5.91. The van der Waals surface area contributed by atoms with Crippen LogP contribution >= 0.6 is 31.9 Å². The second-order valence-corrected chi connectivity index (χ2v) is 5.10. The third kappa shape index (κ3) is 1.76. The summed E-state index contributed by atoms with van der Waals surface area (Å²) in [5.41, 5.74) is 9.27. The number of hydrogen-bond donors (Lipinski definition) is 1. The van der Waals surface area contributed by atoms with E-state index in [-0.39, 0.29) is 0 Å². The van der Waals surface area contributed by atoms with Crippen molar-refractivity contribution in [2.75, 3.05) is 5.73 Å². The molecule has 4 nitrogen and oxygen atoms in total. The number of hydrogen-bond acceptors (Lipinski definition) is 3. The Morgan fingerprint density at radius 1 is 1.25 bits per heavy atom. The smallest absolute Gasteiger partial charge is 0.105 e. The highest BCUT2D eigenvalue weighted by atomic mass is 79.9. The highest BCUT2D eigenvalue weighted by Gasteiger charge is 2.14. The lowest BCUT2D eigenvalue weighted by Gasteiger charge is -2.09. The van der Waals surface area contributed by atoms with Crippen LogP contribution in [0.3, 0.4) is 0 Å². The number of rotatable bonds is 1. The van der Waals surface area contributed by atoms with Crippen molar-refractivity contribution in [2.24, 2.45) is 0 Å². The summed E-state index contributed by atoms with van der Waals surface area (Å²) in [5.74, 6) is 0. The first-order chi connectivity index (χ1) is 7.52. The van der Waals surface area contributed by atoms with E-state index in [2.05, 4.69) is 41.9 Å². The van der Waals surface area contributed by atoms with E-state index in [0.717, 1.165) is 26.0 Å². The number of aryl methyl sites for hydroxylation is 1. The van der Waals surface area contributed by atoms with E-state index in [4.69, 9.17) is 5.73 Å². The highest BCUT2D eigenvalue weighted by molar-refractivity contribution is 9.11. The molecule has 0 aromatic carbocycles. The largest absolute Gasteiger partial charge is 0.396 e. The summed E-state index contributed by atoms with van der Waals surface area (Å²) in [4.78, 5) is 4.00. The summed E-state index contributed by atoms with van der Waals surface area (Å²) in [6.45, 7) is 3.93. The Morgan fingerprint density at radius 2 is 1.94 bits per heavy atom. The van der Waals surface area contributed by atoms with Crippen LogP contribution in [0.15, 0.2) is 21.3 Å². The maximum atomic E-state index is 5.91. The van der Waals surface area contributed by atoms with E-state index < -0.39 is 0 Å². The molecule has 0 aliphatic carbocycles. The number of halogens is 2. The molecule has 0 aliphatic rings. The van der Waals surface area contributed by atoms with Crippen molar-refractivity contribution < 1.29 is 0 Å². The van der Waals surface area contributed by atoms with Crippen molar-refractivity contribution in [2.45, 2.75) is 13.8 Å². The number of aromatic nitrogens is 3. The molecule has 0 radical (unpaired) electrons. The molecule has 0 amide bonds. The van der Waals surface area contributed by atoms with E-state index in [1.165, 1.54) is 0 Å². The molecular weight excluding hydrogens is 336 g/mol. The second kappa shape index (κ2) is 4.18. The van der Waals surface area contributed by atoms with E-state index in [1.807, 2.05) is 13.8 Å². The molecule has 0 saturated carbocycles. The number of pyridine rings is 1. The summed E-state index contributed by atoms with van der Waals surface area (Å²) in [6, 6.07) is 0. The molecule has 0 spiro atoms. The van der Waals surface area contributed by atoms with E-state index in [1.54, 1.807) is 17.1 Å². The predicted octanol–water partition coefficient (Wildman–Crippen LogP) is 2.99. The Hall–Kier alpha value is -0.880. The Morgan fingerprint density at radius 3 is 2.44 bits per heavy atom. The van der Waals surface area contributed by atoms with Gasteiger partial charge in [0.15, 0.2) is 0 Å². The van der Waals surface area contributed by atoms with Gasteiger partial charge in [-0.1, -0.05) is 0 Å². The summed E-state index contributed by atoms with van der Waals surface area (Å²) < 4.78 is 3.63. The minimum Gasteiger partial charge on any atom is -0.396 e. The van der Waals surface area contributed by atoms with Gasteiger partial charge in [0.25, 0.3) is 0 Å². The van der Waals surface area contributed by atoms with E-state index in [9.17, 15) is 0 Å². The van der Waals surface area contributed by atoms with Gasteiger partial charge in [0, 0.05) is 6.20 Å². The fourth-order valence-corrected chi connectivity index (χ4v) is 2.27. The van der Waals surface area contributed by atoms with Gasteiger partial charge >= 0.3 is 0 Å². The van der Waals surface area contributed by atoms with Gasteiger partial charge in [-0.2, -0.15) is 5.10 Å². The topological polar surface area (TPSA) is 56.7 Å². The fraction of sp³-hybridized carbons (Fsp3) is 0.200. The van der Waals surface area contributed by atoms with Crippen LogP contribution in [0.2, 0.25) is 0 Å². The minimum atomic E-state index is 0.590. The lowest BCUT2D eigenvalue weighted by molar-refractivity contribution is 0.829. The van der Waals surface area contributed by atoms with Crippen molar-refractivity contribution in [1.29, 1.82) is 0 Å². The number of nitrogens with two attached hydrogens (primary N) is 1. The lowest BCUT2D eigenvalue weighted by atomic mass is 10.3. The Balaban J connectivity index is 2.72. The molecule has 2 heterocycles. The number of anilines is 1. The Bertz CT molecular complexity index is 528. The van der Waals surface area contributed by atoms with E-state index >= 15 is 0 Å². The summed E-state index contributed by atoms with van der Waals surface area (Å²) in [6.07, 6.45) is 3.32. The van der Waals surface area contributed by atoms with Crippen LogP contribution < -0.4 is 5.73 Å². The number of nitrogens with zero attached hydrogens (tertiary/aromatic N) is 3. The van der Waals surface area contributed by atoms with Crippen molar-refractivity contribution in [3.05, 3.63) is 32.7 Å². The molecule has 0 atom stereocenters. The first-order valence-electron chi connectivity index (χ1n) is 4.63. The Labute approximate surface area is 110 Å².